The third kappa shape index (κ3) is 2.52. The van der Waals surface area contributed by atoms with Crippen LogP contribution in [0.2, 0.25) is 0 Å². The third-order valence-corrected chi connectivity index (χ3v) is 3.85. The Labute approximate surface area is 126 Å². The van der Waals surface area contributed by atoms with Gasteiger partial charge in [0.1, 0.15) is 11.9 Å². The van der Waals surface area contributed by atoms with E-state index in [0.29, 0.717) is 5.82 Å². The van der Waals surface area contributed by atoms with E-state index in [2.05, 4.69) is 10.3 Å². The van der Waals surface area contributed by atoms with E-state index < -0.39 is 18.1 Å². The number of carbonyl (C=O) groups is 2. The molecule has 1 aromatic carbocycles. The maximum atomic E-state index is 11.2. The number of rotatable bonds is 3. The first-order chi connectivity index (χ1) is 10.6. The Hall–Kier alpha value is -2.83. The molecule has 1 saturated heterocycles. The van der Waals surface area contributed by atoms with E-state index in [1.54, 1.807) is 6.20 Å². The summed E-state index contributed by atoms with van der Waals surface area (Å²) in [4.78, 5) is 27.6. The van der Waals surface area contributed by atoms with Crippen LogP contribution in [0.25, 0.3) is 10.8 Å². The van der Waals surface area contributed by atoms with Gasteiger partial charge in [-0.1, -0.05) is 24.3 Å². The summed E-state index contributed by atoms with van der Waals surface area (Å²) in [6.07, 6.45) is 0.665. The van der Waals surface area contributed by atoms with Crippen LogP contribution in [0.4, 0.5) is 10.6 Å². The summed E-state index contributed by atoms with van der Waals surface area (Å²) in [5.41, 5.74) is 0. The summed E-state index contributed by atoms with van der Waals surface area (Å²) < 4.78 is 0. The summed E-state index contributed by atoms with van der Waals surface area (Å²) in [5.74, 6) is -0.489. The number of nitrogens with one attached hydrogen (secondary N) is 1. The number of amides is 1. The predicted molar refractivity (Wildman–Crippen MR) is 79.9 cm³/mol. The molecule has 1 amide bonds. The SMILES string of the molecule is O=C(O)C1CC(Nc2nccc3ccccc23)CN1C(=O)O. The van der Waals surface area contributed by atoms with E-state index in [1.165, 1.54) is 0 Å². The molecule has 2 unspecified atom stereocenters. The van der Waals surface area contributed by atoms with E-state index in [-0.39, 0.29) is 19.0 Å². The second-order valence-corrected chi connectivity index (χ2v) is 5.25. The molecule has 1 aliphatic rings. The fourth-order valence-electron chi connectivity index (χ4n) is 2.81. The Bertz CT molecular complexity index is 706. The molecule has 1 fully saturated rings. The molecular formula is C15H15N3O4. The van der Waals surface area contributed by atoms with Crippen molar-refractivity contribution in [2.75, 3.05) is 11.9 Å². The highest BCUT2D eigenvalue weighted by molar-refractivity contribution is 5.91. The van der Waals surface area contributed by atoms with Gasteiger partial charge < -0.3 is 15.5 Å². The fraction of sp³-hybridized carbons (Fsp3) is 0.267. The summed E-state index contributed by atoms with van der Waals surface area (Å²) in [5, 5.41) is 23.4. The van der Waals surface area contributed by atoms with Crippen LogP contribution < -0.4 is 5.32 Å². The van der Waals surface area contributed by atoms with E-state index in [1.807, 2.05) is 30.3 Å². The number of anilines is 1. The molecule has 0 spiro atoms. The minimum absolute atomic E-state index is 0.122. The van der Waals surface area contributed by atoms with E-state index in [4.69, 9.17) is 10.2 Å². The van der Waals surface area contributed by atoms with Crippen molar-refractivity contribution in [2.45, 2.75) is 18.5 Å². The van der Waals surface area contributed by atoms with Gasteiger partial charge in [-0.25, -0.2) is 14.6 Å². The molecule has 114 valence electrons. The van der Waals surface area contributed by atoms with Crippen LogP contribution in [0.1, 0.15) is 6.42 Å². The summed E-state index contributed by atoms with van der Waals surface area (Å²) in [6.45, 7) is 0.122. The molecule has 1 aromatic heterocycles. The second-order valence-electron chi connectivity index (χ2n) is 5.25. The molecule has 0 saturated carbocycles. The van der Waals surface area contributed by atoms with Crippen molar-refractivity contribution in [1.82, 2.24) is 9.88 Å². The van der Waals surface area contributed by atoms with Gasteiger partial charge in [0.05, 0.1) is 0 Å². The maximum absolute atomic E-state index is 11.2. The predicted octanol–water partition coefficient (Wildman–Crippen LogP) is 1.85. The Morgan fingerprint density at radius 3 is 2.68 bits per heavy atom. The van der Waals surface area contributed by atoms with Gasteiger partial charge >= 0.3 is 12.1 Å². The Morgan fingerprint density at radius 1 is 1.23 bits per heavy atom. The minimum Gasteiger partial charge on any atom is -0.480 e. The molecule has 7 heteroatoms. The van der Waals surface area contributed by atoms with Crippen molar-refractivity contribution in [1.29, 1.82) is 0 Å². The average Bonchev–Trinajstić information content (AvgIpc) is 2.92. The molecule has 0 aliphatic carbocycles. The zero-order valence-electron chi connectivity index (χ0n) is 11.6. The standard InChI is InChI=1S/C15H15N3O4/c19-14(20)12-7-10(8-18(12)15(21)22)17-13-11-4-2-1-3-9(11)5-6-16-13/h1-6,10,12H,7-8H2,(H,16,17)(H,19,20)(H,21,22). The third-order valence-electron chi connectivity index (χ3n) is 3.85. The highest BCUT2D eigenvalue weighted by atomic mass is 16.4. The van der Waals surface area contributed by atoms with Gasteiger partial charge in [-0.2, -0.15) is 0 Å². The van der Waals surface area contributed by atoms with Gasteiger partial charge in [0, 0.05) is 30.6 Å². The second kappa shape index (κ2) is 5.51. The van der Waals surface area contributed by atoms with Crippen LogP contribution in [0.5, 0.6) is 0 Å². The largest absolute Gasteiger partial charge is 0.480 e. The first kappa shape index (κ1) is 14.1. The molecule has 2 atom stereocenters. The minimum atomic E-state index is -1.22. The average molecular weight is 301 g/mol. The number of carboxylic acids is 1. The Kier molecular flexibility index (Phi) is 3.54. The number of carboxylic acid groups (broad SMARTS) is 2. The van der Waals surface area contributed by atoms with E-state index in [0.717, 1.165) is 15.7 Å². The van der Waals surface area contributed by atoms with Gasteiger partial charge in [-0.3, -0.25) is 4.90 Å². The molecular weight excluding hydrogens is 286 g/mol. The van der Waals surface area contributed by atoms with Crippen LogP contribution in [0, 0.1) is 0 Å². The summed E-state index contributed by atoms with van der Waals surface area (Å²) >= 11 is 0. The molecule has 0 bridgehead atoms. The number of hydrogen-bond donors (Lipinski definition) is 3. The quantitative estimate of drug-likeness (QED) is 0.799. The van der Waals surface area contributed by atoms with Crippen molar-refractivity contribution < 1.29 is 19.8 Å². The van der Waals surface area contributed by atoms with Crippen LogP contribution >= 0.6 is 0 Å². The van der Waals surface area contributed by atoms with Crippen molar-refractivity contribution in [2.24, 2.45) is 0 Å². The van der Waals surface area contributed by atoms with Crippen molar-refractivity contribution in [3.05, 3.63) is 36.5 Å². The molecule has 1 aliphatic heterocycles. The molecule has 2 heterocycles. The normalized spacial score (nSPS) is 21.0. The van der Waals surface area contributed by atoms with Crippen LogP contribution in [0.3, 0.4) is 0 Å². The lowest BCUT2D eigenvalue weighted by Crippen LogP contribution is -2.39. The zero-order valence-corrected chi connectivity index (χ0v) is 11.6. The number of aliphatic carboxylic acids is 1. The molecule has 7 nitrogen and oxygen atoms in total. The number of likely N-dealkylation sites (tertiary alicyclic amines) is 1. The van der Waals surface area contributed by atoms with Gasteiger partial charge in [-0.15, -0.1) is 0 Å². The number of benzene rings is 1. The Balaban J connectivity index is 1.84. The summed E-state index contributed by atoms with van der Waals surface area (Å²) in [6, 6.07) is 8.28. The first-order valence-electron chi connectivity index (χ1n) is 6.89. The maximum Gasteiger partial charge on any atom is 0.408 e. The lowest BCUT2D eigenvalue weighted by Gasteiger charge is -2.17. The van der Waals surface area contributed by atoms with Crippen LogP contribution in [-0.4, -0.2) is 50.8 Å². The lowest BCUT2D eigenvalue weighted by atomic mass is 10.1. The number of pyridine rings is 1. The van der Waals surface area contributed by atoms with Crippen molar-refractivity contribution in [3.63, 3.8) is 0 Å². The van der Waals surface area contributed by atoms with Crippen molar-refractivity contribution in [3.8, 4) is 0 Å². The topological polar surface area (TPSA) is 103 Å². The molecule has 22 heavy (non-hydrogen) atoms. The highest BCUT2D eigenvalue weighted by Gasteiger charge is 2.40. The Morgan fingerprint density at radius 2 is 2.00 bits per heavy atom. The van der Waals surface area contributed by atoms with E-state index >= 15 is 0 Å². The molecule has 0 radical (unpaired) electrons. The highest BCUT2D eigenvalue weighted by Crippen LogP contribution is 2.25. The van der Waals surface area contributed by atoms with Gasteiger partial charge in [0.15, 0.2) is 0 Å². The molecule has 3 rings (SSSR count). The first-order valence-corrected chi connectivity index (χ1v) is 6.89. The molecule has 2 aromatic rings. The lowest BCUT2D eigenvalue weighted by molar-refractivity contribution is -0.141. The molecule has 3 N–H and O–H groups in total. The number of hydrogen-bond acceptors (Lipinski definition) is 4. The van der Waals surface area contributed by atoms with Crippen molar-refractivity contribution >= 4 is 28.7 Å². The number of nitrogens with zero attached hydrogens (tertiary/aromatic N) is 2. The zero-order chi connectivity index (χ0) is 15.7. The fourth-order valence-corrected chi connectivity index (χ4v) is 2.81. The van der Waals surface area contributed by atoms with Crippen LogP contribution in [0.15, 0.2) is 36.5 Å². The number of fused-ring (bicyclic) bond motifs is 1. The van der Waals surface area contributed by atoms with Gasteiger partial charge in [-0.05, 0) is 11.5 Å². The van der Waals surface area contributed by atoms with E-state index in [9.17, 15) is 9.59 Å². The summed E-state index contributed by atoms with van der Waals surface area (Å²) in [7, 11) is 0. The van der Waals surface area contributed by atoms with Crippen LogP contribution in [-0.2, 0) is 4.79 Å². The number of aromatic nitrogens is 1. The monoisotopic (exact) mass is 301 g/mol. The van der Waals surface area contributed by atoms with Gasteiger partial charge in [0.2, 0.25) is 0 Å². The smallest absolute Gasteiger partial charge is 0.408 e. The van der Waals surface area contributed by atoms with Gasteiger partial charge in [0.25, 0.3) is 0 Å².